The summed E-state index contributed by atoms with van der Waals surface area (Å²) in [6.07, 6.45) is 7.05. The van der Waals surface area contributed by atoms with Crippen molar-refractivity contribution < 1.29 is 47.6 Å². The molecule has 8 rings (SSSR count). The molecule has 24 heteroatoms. The van der Waals surface area contributed by atoms with Gasteiger partial charge in [0.05, 0.1) is 87.8 Å². The van der Waals surface area contributed by atoms with Gasteiger partial charge in [-0.15, -0.1) is 16.4 Å². The second-order valence-electron chi connectivity index (χ2n) is 21.2. The van der Waals surface area contributed by atoms with E-state index >= 15 is 0 Å². The van der Waals surface area contributed by atoms with Crippen molar-refractivity contribution >= 4 is 69.1 Å². The number of rotatable bonds is 36. The van der Waals surface area contributed by atoms with Crippen molar-refractivity contribution in [2.75, 3.05) is 124 Å². The normalized spacial score (nSPS) is 13.8. The number of thiazole rings is 1. The predicted molar refractivity (Wildman–Crippen MR) is 332 cm³/mol. The number of hydrogen-bond donors (Lipinski definition) is 3. The maximum Gasteiger partial charge on any atom is 0.325 e. The first kappa shape index (κ1) is 65.1. The highest BCUT2D eigenvalue weighted by Crippen LogP contribution is 2.37. The number of halogens is 2. The second kappa shape index (κ2) is 34.4. The number of methoxy groups -OCH3 is 1. The number of amides is 5. The second-order valence-corrected chi connectivity index (χ2v) is 22.9. The molecule has 4 aromatic carbocycles. The summed E-state index contributed by atoms with van der Waals surface area (Å²) in [6.45, 7) is 9.65. The van der Waals surface area contributed by atoms with Gasteiger partial charge >= 0.3 is 6.03 Å². The smallest absolute Gasteiger partial charge is 0.325 e. The lowest BCUT2D eigenvalue weighted by Gasteiger charge is -2.32. The van der Waals surface area contributed by atoms with Crippen molar-refractivity contribution in [1.29, 1.82) is 0 Å². The number of ether oxygens (including phenoxy) is 6. The van der Waals surface area contributed by atoms with Crippen molar-refractivity contribution in [1.82, 2.24) is 44.9 Å². The van der Waals surface area contributed by atoms with E-state index in [1.165, 1.54) is 11.3 Å². The van der Waals surface area contributed by atoms with Crippen molar-refractivity contribution in [3.05, 3.63) is 141 Å². The number of aryl methyl sites for hydroxylation is 1. The number of carbonyl (C=O) groups is 4. The van der Waals surface area contributed by atoms with Crippen LogP contribution in [-0.2, 0) is 60.9 Å². The monoisotopic (exact) mass is 1240 g/mol. The van der Waals surface area contributed by atoms with Crippen LogP contribution < -0.4 is 30.2 Å². The Kier molecular flexibility index (Phi) is 26.1. The largest absolute Gasteiger partial charge is 0.497 e. The summed E-state index contributed by atoms with van der Waals surface area (Å²) in [4.78, 5) is 65.7. The minimum absolute atomic E-state index is 0.0379. The average molecular weight is 1240 g/mol. The lowest BCUT2D eigenvalue weighted by molar-refractivity contribution is -0.141. The van der Waals surface area contributed by atoms with E-state index in [2.05, 4.69) is 48.1 Å². The summed E-state index contributed by atoms with van der Waals surface area (Å²) in [5.41, 5.74) is 4.59. The van der Waals surface area contributed by atoms with Crippen LogP contribution in [0.25, 0.3) is 0 Å². The fraction of sp³-hybridized carbons (Fsp3) is 0.468. The number of piperazine rings is 1. The summed E-state index contributed by atoms with van der Waals surface area (Å²) in [5, 5.41) is 20.0. The Balaban J connectivity index is 0.607. The van der Waals surface area contributed by atoms with E-state index in [-0.39, 0.29) is 36.6 Å². The molecule has 3 heterocycles. The highest BCUT2D eigenvalue weighted by Gasteiger charge is 2.41. The molecule has 1 atom stereocenters. The van der Waals surface area contributed by atoms with Crippen LogP contribution in [0.2, 0.25) is 10.0 Å². The third-order valence-corrected chi connectivity index (χ3v) is 16.1. The number of benzene rings is 4. The number of likely N-dealkylation sites (N-methyl/N-ethyl adjacent to an activating group) is 2. The number of nitrogens with one attached hydrogen (secondary N) is 3. The topological polar surface area (TPSA) is 216 Å². The molecular weight excluding hydrogens is 1160 g/mol. The van der Waals surface area contributed by atoms with Crippen molar-refractivity contribution in [2.24, 2.45) is 0 Å². The third kappa shape index (κ3) is 21.8. The van der Waals surface area contributed by atoms with Crippen LogP contribution in [0.1, 0.15) is 66.2 Å². The van der Waals surface area contributed by atoms with Gasteiger partial charge < -0.3 is 58.7 Å². The van der Waals surface area contributed by atoms with E-state index in [4.69, 9.17) is 51.6 Å². The van der Waals surface area contributed by atoms with Gasteiger partial charge in [0.25, 0.3) is 0 Å². The van der Waals surface area contributed by atoms with Crippen LogP contribution in [0.5, 0.6) is 17.2 Å². The van der Waals surface area contributed by atoms with Gasteiger partial charge in [0.2, 0.25) is 17.7 Å². The zero-order chi connectivity index (χ0) is 60.5. The molecule has 1 aliphatic carbocycles. The molecule has 2 aliphatic rings. The van der Waals surface area contributed by atoms with Crippen LogP contribution in [0.3, 0.4) is 0 Å². The van der Waals surface area contributed by atoms with Crippen LogP contribution in [-0.4, -0.2) is 183 Å². The van der Waals surface area contributed by atoms with E-state index in [0.717, 1.165) is 80.2 Å². The van der Waals surface area contributed by atoms with Gasteiger partial charge in [-0.2, -0.15) is 0 Å². The van der Waals surface area contributed by atoms with Gasteiger partial charge in [0.1, 0.15) is 29.9 Å². The molecule has 0 radical (unpaired) electrons. The van der Waals surface area contributed by atoms with E-state index in [9.17, 15) is 19.2 Å². The fourth-order valence-corrected chi connectivity index (χ4v) is 10.4. The number of anilines is 2. The minimum Gasteiger partial charge on any atom is -0.497 e. The first-order valence-corrected chi connectivity index (χ1v) is 30.9. The van der Waals surface area contributed by atoms with Gasteiger partial charge in [-0.25, -0.2) is 14.5 Å². The summed E-state index contributed by atoms with van der Waals surface area (Å²) < 4.78 is 36.2. The average Bonchev–Trinajstić information content (AvgIpc) is 2.41. The molecule has 2 fully saturated rings. The number of hydrogen-bond acceptors (Lipinski definition) is 16. The van der Waals surface area contributed by atoms with E-state index < -0.39 is 12.1 Å². The van der Waals surface area contributed by atoms with E-state index in [1.54, 1.807) is 64.5 Å². The Labute approximate surface area is 517 Å². The lowest BCUT2D eigenvalue weighted by Crippen LogP contribution is -2.47. The molecular formula is C62H79Cl2N11O10S. The predicted octanol–water partition coefficient (Wildman–Crippen LogP) is 8.45. The SMILES string of the molecule is COc1ccc(CNC(=O)C(c2ccc(Cl)c(Cl)c2)N(C(=O)CCc2ccc(OCCCCN(C)CCOCCOCCc3cn(CCOCCOc4ccc(NC(=O)Nc5nc(CC(=O)N6CCN(C)CC6)cs5)cc4)nn3)cc2)C2CC2)cc1. The van der Waals surface area contributed by atoms with E-state index in [1.807, 2.05) is 66.7 Å². The molecule has 1 saturated carbocycles. The minimum atomic E-state index is -0.863. The molecule has 21 nitrogen and oxygen atoms in total. The summed E-state index contributed by atoms with van der Waals surface area (Å²) in [7, 11) is 5.74. The highest BCUT2D eigenvalue weighted by molar-refractivity contribution is 7.14. The number of urea groups is 1. The molecule has 6 aromatic rings. The Morgan fingerprint density at radius 1 is 0.721 bits per heavy atom. The summed E-state index contributed by atoms with van der Waals surface area (Å²) >= 11 is 14.0. The Morgan fingerprint density at radius 3 is 2.14 bits per heavy atom. The van der Waals surface area contributed by atoms with Gasteiger partial charge in [-0.1, -0.05) is 58.7 Å². The van der Waals surface area contributed by atoms with Crippen LogP contribution >= 0.6 is 34.5 Å². The molecule has 1 unspecified atom stereocenters. The van der Waals surface area contributed by atoms with Gasteiger partial charge in [-0.05, 0) is 130 Å². The van der Waals surface area contributed by atoms with Gasteiger partial charge in [0.15, 0.2) is 5.13 Å². The fourth-order valence-electron chi connectivity index (χ4n) is 9.40. The Hall–Kier alpha value is -6.89. The van der Waals surface area contributed by atoms with Crippen molar-refractivity contribution in [3.8, 4) is 17.2 Å². The molecule has 2 aromatic heterocycles. The van der Waals surface area contributed by atoms with Crippen LogP contribution in [0.4, 0.5) is 15.6 Å². The lowest BCUT2D eigenvalue weighted by atomic mass is 10.0. The van der Waals surface area contributed by atoms with E-state index in [0.29, 0.717) is 130 Å². The third-order valence-electron chi connectivity index (χ3n) is 14.5. The van der Waals surface area contributed by atoms with Crippen LogP contribution in [0.15, 0.2) is 103 Å². The molecule has 1 saturated heterocycles. The molecule has 0 bridgehead atoms. The number of unbranched alkanes of at least 4 members (excludes halogenated alkanes) is 1. The molecule has 5 amide bonds. The van der Waals surface area contributed by atoms with Gasteiger partial charge in [0, 0.05) is 75.4 Å². The summed E-state index contributed by atoms with van der Waals surface area (Å²) in [5.74, 6) is 1.82. The highest BCUT2D eigenvalue weighted by atomic mass is 35.5. The first-order valence-electron chi connectivity index (χ1n) is 29.3. The molecule has 462 valence electrons. The number of carbonyl (C=O) groups excluding carboxylic acids is 4. The maximum absolute atomic E-state index is 14.0. The molecule has 86 heavy (non-hydrogen) atoms. The summed E-state index contributed by atoms with van der Waals surface area (Å²) in [6, 6.07) is 26.2. The molecule has 0 spiro atoms. The zero-order valence-electron chi connectivity index (χ0n) is 49.3. The van der Waals surface area contributed by atoms with Crippen molar-refractivity contribution in [3.63, 3.8) is 0 Å². The van der Waals surface area contributed by atoms with Crippen LogP contribution in [0, 0.1) is 0 Å². The quantitative estimate of drug-likeness (QED) is 0.0315. The zero-order valence-corrected chi connectivity index (χ0v) is 51.6. The number of aromatic nitrogens is 4. The molecule has 3 N–H and O–H groups in total. The first-order chi connectivity index (χ1) is 41.8. The van der Waals surface area contributed by atoms with Gasteiger partial charge in [-0.3, -0.25) is 19.7 Å². The standard InChI is InChI=1S/C62H79Cl2N11O10S/c1-71(25-4-5-32-84-53-18-6-45(7-19-53)10-23-57(76)75(51-14-15-51)59(47-11-22-55(63)56(64)40-47)60(78)65-42-46-8-16-52(80-3)17-9-46)30-34-82-37-36-81-33-24-49-43-74(70-69-49)31-35-83-38-39-85-54-20-12-48(13-21-54)66-61(79)68-62-67-50(44-86-62)41-58(77)73-28-26-72(2)27-29-73/h6-9,11-13,16-22,40,43-44,51,59H,4-5,10,14-15,23-39,41-42H2,1-3H3,(H,65,78)(H2,66,67,68,79). The Morgan fingerprint density at radius 2 is 1.41 bits per heavy atom. The number of nitrogens with zero attached hydrogens (tertiary/aromatic N) is 8. The molecule has 1 aliphatic heterocycles. The van der Waals surface area contributed by atoms with Crippen molar-refractivity contribution in [2.45, 2.75) is 76.5 Å². The Bertz CT molecular complexity index is 3050. The maximum atomic E-state index is 14.0.